The van der Waals surface area contributed by atoms with Crippen LogP contribution in [0.4, 0.5) is 0 Å². The van der Waals surface area contributed by atoms with Crippen LogP contribution in [0.5, 0.6) is 0 Å². The number of hydrogen-bond acceptors (Lipinski definition) is 5. The van der Waals surface area contributed by atoms with Crippen molar-refractivity contribution >= 4 is 17.8 Å². The lowest BCUT2D eigenvalue weighted by molar-refractivity contribution is -0.141. The first kappa shape index (κ1) is 23.6. The van der Waals surface area contributed by atoms with Crippen LogP contribution in [0.3, 0.4) is 0 Å². The van der Waals surface area contributed by atoms with Crippen molar-refractivity contribution < 1.29 is 24.6 Å². The highest BCUT2D eigenvalue weighted by Gasteiger charge is 2.12. The van der Waals surface area contributed by atoms with Gasteiger partial charge in [0.05, 0.1) is 0 Å². The molecule has 0 bridgehead atoms. The molecule has 0 aromatic rings. The highest BCUT2D eigenvalue weighted by molar-refractivity contribution is 5.83. The van der Waals surface area contributed by atoms with E-state index >= 15 is 0 Å². The third-order valence-electron chi connectivity index (χ3n) is 3.04. The molecule has 0 aliphatic heterocycles. The van der Waals surface area contributed by atoms with E-state index < -0.39 is 24.0 Å². The Balaban J connectivity index is 0. The van der Waals surface area contributed by atoms with Gasteiger partial charge in [0.25, 0.3) is 0 Å². The molecule has 8 heteroatoms. The minimum absolute atomic E-state index is 0.177. The summed E-state index contributed by atoms with van der Waals surface area (Å²) in [4.78, 5) is 31.5. The van der Waals surface area contributed by atoms with Crippen LogP contribution in [0, 0.1) is 0 Å². The van der Waals surface area contributed by atoms with Crippen LogP contribution in [-0.2, 0) is 14.4 Å². The van der Waals surface area contributed by atoms with Gasteiger partial charge in [-0.15, -0.1) is 0 Å². The molecule has 0 saturated carbocycles. The van der Waals surface area contributed by atoms with E-state index in [0.717, 1.165) is 32.1 Å². The standard InChI is InChI=1S/C9H17NO3.C6H14N2O2/c1-3-4-5-6-8(11)10-7(2)9(12)13;7-4-2-1-3-5(8)6(9)10/h7H,3-6H2,1-2H3,(H,10,11)(H,12,13);5H,1-4,7-8H2,(H,9,10)/t;5-/m.0/s1. The van der Waals surface area contributed by atoms with E-state index in [1.165, 1.54) is 6.92 Å². The average molecular weight is 333 g/mol. The van der Waals surface area contributed by atoms with Gasteiger partial charge in [-0.3, -0.25) is 14.4 Å². The highest BCUT2D eigenvalue weighted by atomic mass is 16.4. The van der Waals surface area contributed by atoms with Gasteiger partial charge in [-0.25, -0.2) is 0 Å². The molecule has 1 unspecified atom stereocenters. The highest BCUT2D eigenvalue weighted by Crippen LogP contribution is 1.99. The number of carbonyl (C=O) groups excluding carboxylic acids is 1. The summed E-state index contributed by atoms with van der Waals surface area (Å²) in [6.07, 6.45) is 5.48. The summed E-state index contributed by atoms with van der Waals surface area (Å²) in [5.41, 5.74) is 10.4. The number of carboxylic acid groups (broad SMARTS) is 2. The molecule has 0 fully saturated rings. The Morgan fingerprint density at radius 1 is 1.04 bits per heavy atom. The maximum atomic E-state index is 11.1. The van der Waals surface area contributed by atoms with E-state index in [1.54, 1.807) is 0 Å². The van der Waals surface area contributed by atoms with Crippen LogP contribution in [0.1, 0.15) is 58.8 Å². The second-order valence-corrected chi connectivity index (χ2v) is 5.31. The van der Waals surface area contributed by atoms with Gasteiger partial charge in [0.1, 0.15) is 12.1 Å². The minimum atomic E-state index is -0.996. The number of carbonyl (C=O) groups is 3. The summed E-state index contributed by atoms with van der Waals surface area (Å²) < 4.78 is 0. The maximum absolute atomic E-state index is 11.1. The van der Waals surface area contributed by atoms with E-state index in [0.29, 0.717) is 19.4 Å². The Morgan fingerprint density at radius 3 is 2.09 bits per heavy atom. The van der Waals surface area contributed by atoms with Gasteiger partial charge < -0.3 is 27.0 Å². The van der Waals surface area contributed by atoms with Crippen molar-refractivity contribution in [3.05, 3.63) is 0 Å². The van der Waals surface area contributed by atoms with Gasteiger partial charge in [-0.2, -0.15) is 0 Å². The predicted molar refractivity (Wildman–Crippen MR) is 87.9 cm³/mol. The molecule has 0 aliphatic carbocycles. The molecule has 2 atom stereocenters. The number of hydrogen-bond donors (Lipinski definition) is 5. The van der Waals surface area contributed by atoms with Crippen LogP contribution in [0.25, 0.3) is 0 Å². The molecule has 0 aliphatic rings. The predicted octanol–water partition coefficient (Wildman–Crippen LogP) is 0.683. The van der Waals surface area contributed by atoms with Crippen molar-refractivity contribution in [1.82, 2.24) is 5.32 Å². The SMILES string of the molecule is CCCCCC(=O)NC(C)C(=O)O.NCCCC[C@H](N)C(=O)O. The molecule has 136 valence electrons. The third-order valence-corrected chi connectivity index (χ3v) is 3.04. The second-order valence-electron chi connectivity index (χ2n) is 5.31. The minimum Gasteiger partial charge on any atom is -0.480 e. The van der Waals surface area contributed by atoms with Crippen LogP contribution >= 0.6 is 0 Å². The van der Waals surface area contributed by atoms with Crippen LogP contribution < -0.4 is 16.8 Å². The Kier molecular flexibility index (Phi) is 15.6. The first-order valence-electron chi connectivity index (χ1n) is 7.96. The molecular weight excluding hydrogens is 302 g/mol. The lowest BCUT2D eigenvalue weighted by Gasteiger charge is -2.08. The monoisotopic (exact) mass is 333 g/mol. The second kappa shape index (κ2) is 15.2. The number of nitrogens with one attached hydrogen (secondary N) is 1. The van der Waals surface area contributed by atoms with E-state index in [1.807, 2.05) is 0 Å². The van der Waals surface area contributed by atoms with E-state index in [-0.39, 0.29) is 5.91 Å². The van der Waals surface area contributed by atoms with Crippen molar-refractivity contribution in [3.8, 4) is 0 Å². The Labute approximate surface area is 137 Å². The zero-order chi connectivity index (χ0) is 18.3. The molecule has 8 nitrogen and oxygen atoms in total. The molecule has 0 radical (unpaired) electrons. The van der Waals surface area contributed by atoms with Crippen molar-refractivity contribution in [2.75, 3.05) is 6.54 Å². The van der Waals surface area contributed by atoms with Crippen molar-refractivity contribution in [1.29, 1.82) is 0 Å². The Hall–Kier alpha value is -1.67. The summed E-state index contributed by atoms with van der Waals surface area (Å²) in [5.74, 6) is -2.11. The number of nitrogens with two attached hydrogens (primary N) is 2. The summed E-state index contributed by atoms with van der Waals surface area (Å²) in [7, 11) is 0. The van der Waals surface area contributed by atoms with Crippen LogP contribution in [0.2, 0.25) is 0 Å². The summed E-state index contributed by atoms with van der Waals surface area (Å²) in [6, 6.07) is -1.50. The first-order valence-corrected chi connectivity index (χ1v) is 7.96. The fourth-order valence-corrected chi connectivity index (χ4v) is 1.54. The number of carboxylic acids is 2. The molecule has 0 rings (SSSR count). The fourth-order valence-electron chi connectivity index (χ4n) is 1.54. The van der Waals surface area contributed by atoms with Gasteiger partial charge in [0.2, 0.25) is 5.91 Å². The number of unbranched alkanes of at least 4 members (excludes halogenated alkanes) is 3. The molecule has 0 heterocycles. The Morgan fingerprint density at radius 2 is 1.65 bits per heavy atom. The van der Waals surface area contributed by atoms with E-state index in [9.17, 15) is 14.4 Å². The lowest BCUT2D eigenvalue weighted by Crippen LogP contribution is -2.38. The number of aliphatic carboxylic acids is 2. The van der Waals surface area contributed by atoms with Crippen LogP contribution in [0.15, 0.2) is 0 Å². The normalized spacial score (nSPS) is 12.5. The van der Waals surface area contributed by atoms with Crippen LogP contribution in [-0.4, -0.2) is 46.7 Å². The Bertz CT molecular complexity index is 350. The lowest BCUT2D eigenvalue weighted by atomic mass is 10.1. The smallest absolute Gasteiger partial charge is 0.325 e. The van der Waals surface area contributed by atoms with Crippen molar-refractivity contribution in [3.63, 3.8) is 0 Å². The fraction of sp³-hybridized carbons (Fsp3) is 0.800. The van der Waals surface area contributed by atoms with Gasteiger partial charge in [0, 0.05) is 6.42 Å². The zero-order valence-corrected chi connectivity index (χ0v) is 14.1. The maximum Gasteiger partial charge on any atom is 0.325 e. The molecule has 0 spiro atoms. The zero-order valence-electron chi connectivity index (χ0n) is 14.1. The van der Waals surface area contributed by atoms with E-state index in [4.69, 9.17) is 21.7 Å². The van der Waals surface area contributed by atoms with Gasteiger partial charge in [-0.1, -0.05) is 26.2 Å². The molecule has 0 aromatic carbocycles. The van der Waals surface area contributed by atoms with Gasteiger partial charge in [0.15, 0.2) is 0 Å². The number of rotatable bonds is 11. The molecular formula is C15H31N3O5. The summed E-state index contributed by atoms with van der Waals surface area (Å²) in [5, 5.41) is 19.2. The molecule has 7 N–H and O–H groups in total. The third kappa shape index (κ3) is 16.5. The molecule has 23 heavy (non-hydrogen) atoms. The summed E-state index contributed by atoms with van der Waals surface area (Å²) in [6.45, 7) is 4.12. The number of amides is 1. The average Bonchev–Trinajstić information content (AvgIpc) is 2.48. The topological polar surface area (TPSA) is 156 Å². The first-order chi connectivity index (χ1) is 10.8. The van der Waals surface area contributed by atoms with Crippen molar-refractivity contribution in [2.24, 2.45) is 11.5 Å². The molecule has 0 saturated heterocycles. The summed E-state index contributed by atoms with van der Waals surface area (Å²) >= 11 is 0. The molecule has 1 amide bonds. The van der Waals surface area contributed by atoms with Crippen molar-refractivity contribution in [2.45, 2.75) is 70.9 Å². The van der Waals surface area contributed by atoms with Gasteiger partial charge in [-0.05, 0) is 32.7 Å². The quantitative estimate of drug-likeness (QED) is 0.348. The van der Waals surface area contributed by atoms with Gasteiger partial charge >= 0.3 is 11.9 Å². The largest absolute Gasteiger partial charge is 0.480 e. The molecule has 0 aromatic heterocycles. The van der Waals surface area contributed by atoms with E-state index in [2.05, 4.69) is 12.2 Å².